The molecule has 0 aliphatic carbocycles. The first-order valence-electron chi connectivity index (χ1n) is 15.4. The van der Waals surface area contributed by atoms with Gasteiger partial charge in [-0.2, -0.15) is 0 Å². The molecule has 0 radical (unpaired) electrons. The maximum Gasteiger partial charge on any atom is 0.226 e. The Morgan fingerprint density at radius 1 is 0.905 bits per heavy atom. The van der Waals surface area contributed by atoms with E-state index in [0.717, 1.165) is 94.0 Å². The summed E-state index contributed by atoms with van der Waals surface area (Å²) >= 11 is 0. The van der Waals surface area contributed by atoms with Crippen LogP contribution in [0.25, 0.3) is 11.1 Å². The number of benzene rings is 2. The van der Waals surface area contributed by atoms with E-state index in [9.17, 15) is 4.79 Å². The summed E-state index contributed by atoms with van der Waals surface area (Å²) in [4.78, 5) is 21.6. The maximum absolute atomic E-state index is 12.4. The molecule has 1 aliphatic rings. The molecule has 0 spiro atoms. The minimum absolute atomic E-state index is 0.137. The number of amides is 1. The van der Waals surface area contributed by atoms with Crippen molar-refractivity contribution in [3.63, 3.8) is 0 Å². The summed E-state index contributed by atoms with van der Waals surface area (Å²) in [5, 5.41) is 2.69. The molecule has 3 N–H and O–H groups in total. The molecule has 1 saturated heterocycles. The van der Waals surface area contributed by atoms with Gasteiger partial charge in [-0.25, -0.2) is 0 Å². The van der Waals surface area contributed by atoms with Crippen LogP contribution in [0.5, 0.6) is 5.75 Å². The molecular formula is C33H51N5O4. The Kier molecular flexibility index (Phi) is 15.4. The molecule has 1 fully saturated rings. The minimum Gasteiger partial charge on any atom is -0.493 e. The molecule has 0 bridgehead atoms. The van der Waals surface area contributed by atoms with Gasteiger partial charge in [0.25, 0.3) is 0 Å². The van der Waals surface area contributed by atoms with Crippen molar-refractivity contribution in [1.82, 2.24) is 15.1 Å². The predicted octanol–water partition coefficient (Wildman–Crippen LogP) is 4.09. The van der Waals surface area contributed by atoms with E-state index in [4.69, 9.17) is 19.9 Å². The average Bonchev–Trinajstić information content (AvgIpc) is 3.00. The zero-order chi connectivity index (χ0) is 30.0. The lowest BCUT2D eigenvalue weighted by atomic mass is 9.99. The lowest BCUT2D eigenvalue weighted by Gasteiger charge is -2.34. The molecular weight excluding hydrogens is 530 g/mol. The average molecular weight is 582 g/mol. The number of nitrogens with two attached hydrogens (primary N) is 1. The Hall–Kier alpha value is -2.98. The molecule has 3 rings (SSSR count). The molecule has 9 nitrogen and oxygen atoms in total. The number of piperazine rings is 1. The number of nitrogens with one attached hydrogen (secondary N) is 1. The van der Waals surface area contributed by atoms with Crippen LogP contribution in [0.1, 0.15) is 50.2 Å². The second-order valence-corrected chi connectivity index (χ2v) is 10.9. The first-order valence-corrected chi connectivity index (χ1v) is 15.4. The lowest BCUT2D eigenvalue weighted by molar-refractivity contribution is -0.119. The van der Waals surface area contributed by atoms with E-state index in [2.05, 4.69) is 63.4 Å². The highest BCUT2D eigenvalue weighted by Crippen LogP contribution is 2.32. The highest BCUT2D eigenvalue weighted by atomic mass is 16.5. The van der Waals surface area contributed by atoms with E-state index >= 15 is 0 Å². The van der Waals surface area contributed by atoms with Crippen LogP contribution in [0.4, 0.5) is 0 Å². The normalized spacial score (nSPS) is 14.7. The lowest BCUT2D eigenvalue weighted by Crippen LogP contribution is -2.46. The molecule has 232 valence electrons. The zero-order valence-corrected chi connectivity index (χ0v) is 25.9. The second kappa shape index (κ2) is 19.3. The molecule has 1 heterocycles. The van der Waals surface area contributed by atoms with E-state index in [1.54, 1.807) is 14.2 Å². The minimum atomic E-state index is -0.137. The zero-order valence-electron chi connectivity index (χ0n) is 25.9. The highest BCUT2D eigenvalue weighted by Gasteiger charge is 2.17. The third-order valence-corrected chi connectivity index (χ3v) is 7.46. The summed E-state index contributed by atoms with van der Waals surface area (Å²) in [5.74, 6) is 0.874. The summed E-state index contributed by atoms with van der Waals surface area (Å²) < 4.78 is 16.6. The molecule has 0 unspecified atom stereocenters. The number of ether oxygens (including phenoxy) is 3. The molecule has 0 saturated carbocycles. The van der Waals surface area contributed by atoms with Crippen LogP contribution in [0.2, 0.25) is 0 Å². The molecule has 1 aliphatic heterocycles. The molecule has 42 heavy (non-hydrogen) atoms. The molecule has 2 aromatic rings. The van der Waals surface area contributed by atoms with E-state index in [0.29, 0.717) is 32.6 Å². The van der Waals surface area contributed by atoms with Gasteiger partial charge in [0.1, 0.15) is 5.75 Å². The second-order valence-electron chi connectivity index (χ2n) is 10.9. The summed E-state index contributed by atoms with van der Waals surface area (Å²) in [6.07, 6.45) is 4.79. The maximum atomic E-state index is 12.4. The van der Waals surface area contributed by atoms with Gasteiger partial charge >= 0.3 is 0 Å². The fourth-order valence-electron chi connectivity index (χ4n) is 4.98. The standard InChI is InChI=1S/C33H51N5O4/c1-4-5-16-35-33(34)36-32(39)15-11-27-10-14-30(31(25-27)42-24-7-23-41-3)29-12-8-28(9-13-29)26-38-20-18-37(19-21-38)17-6-22-40-2/h8-10,12-14,25H,4-7,11,15-24,26H2,1-3H3,(H3,34,35,36,39). The summed E-state index contributed by atoms with van der Waals surface area (Å²) in [7, 11) is 3.46. The largest absolute Gasteiger partial charge is 0.493 e. The first kappa shape index (κ1) is 33.5. The Bertz CT molecular complexity index is 1080. The summed E-state index contributed by atoms with van der Waals surface area (Å²) in [6.45, 7) is 11.2. The van der Waals surface area contributed by atoms with Crippen LogP contribution in [-0.2, 0) is 27.2 Å². The predicted molar refractivity (Wildman–Crippen MR) is 170 cm³/mol. The number of aryl methyl sites for hydroxylation is 1. The van der Waals surface area contributed by atoms with Crippen molar-refractivity contribution in [1.29, 1.82) is 0 Å². The van der Waals surface area contributed by atoms with Crippen molar-refractivity contribution >= 4 is 11.9 Å². The topological polar surface area (TPSA) is 102 Å². The number of hydrogen-bond acceptors (Lipinski definition) is 7. The van der Waals surface area contributed by atoms with Gasteiger partial charge in [-0.3, -0.25) is 20.0 Å². The first-order chi connectivity index (χ1) is 20.5. The van der Waals surface area contributed by atoms with E-state index in [1.165, 1.54) is 5.56 Å². The fraction of sp³-hybridized carbons (Fsp3) is 0.576. The third kappa shape index (κ3) is 12.1. The van der Waals surface area contributed by atoms with Crippen LogP contribution in [-0.4, -0.2) is 95.0 Å². The van der Waals surface area contributed by atoms with Crippen molar-refractivity contribution < 1.29 is 19.0 Å². The van der Waals surface area contributed by atoms with Crippen LogP contribution in [0.3, 0.4) is 0 Å². The molecule has 9 heteroatoms. The number of guanidine groups is 1. The number of nitrogens with zero attached hydrogens (tertiary/aromatic N) is 3. The van der Waals surface area contributed by atoms with Crippen molar-refractivity contribution in [2.75, 3.05) is 73.3 Å². The number of aliphatic imine (C=N–C) groups is 1. The summed E-state index contributed by atoms with van der Waals surface area (Å²) in [6, 6.07) is 15.0. The Balaban J connectivity index is 1.59. The van der Waals surface area contributed by atoms with Gasteiger partial charge in [0, 0.05) is 91.7 Å². The fourth-order valence-corrected chi connectivity index (χ4v) is 4.98. The van der Waals surface area contributed by atoms with E-state index < -0.39 is 0 Å². The van der Waals surface area contributed by atoms with Gasteiger partial charge in [-0.05, 0) is 42.0 Å². The Morgan fingerprint density at radius 2 is 1.60 bits per heavy atom. The van der Waals surface area contributed by atoms with Crippen LogP contribution in [0, 0.1) is 0 Å². The number of carbonyl (C=O) groups is 1. The van der Waals surface area contributed by atoms with Gasteiger partial charge < -0.3 is 24.8 Å². The quantitative estimate of drug-likeness (QED) is 0.155. The number of methoxy groups -OCH3 is 2. The van der Waals surface area contributed by atoms with Gasteiger partial charge in [0.2, 0.25) is 5.91 Å². The SMILES string of the molecule is CCCCN=C(N)NC(=O)CCc1ccc(-c2ccc(CN3CCN(CCCOC)CC3)cc2)c(OCCCOC)c1. The Labute approximate surface area is 252 Å². The van der Waals surface area contributed by atoms with Crippen LogP contribution in [0.15, 0.2) is 47.5 Å². The van der Waals surface area contributed by atoms with Gasteiger partial charge in [0.15, 0.2) is 5.96 Å². The number of carbonyl (C=O) groups excluding carboxylic acids is 1. The highest BCUT2D eigenvalue weighted by molar-refractivity contribution is 5.96. The molecule has 1 amide bonds. The van der Waals surface area contributed by atoms with Crippen molar-refractivity contribution in [3.05, 3.63) is 53.6 Å². The van der Waals surface area contributed by atoms with Gasteiger partial charge in [-0.15, -0.1) is 0 Å². The molecule has 0 atom stereocenters. The van der Waals surface area contributed by atoms with Crippen LogP contribution < -0.4 is 15.8 Å². The number of rotatable bonds is 18. The van der Waals surface area contributed by atoms with Crippen molar-refractivity contribution in [3.8, 4) is 16.9 Å². The van der Waals surface area contributed by atoms with E-state index in [-0.39, 0.29) is 11.9 Å². The smallest absolute Gasteiger partial charge is 0.226 e. The third-order valence-electron chi connectivity index (χ3n) is 7.46. The van der Waals surface area contributed by atoms with Crippen molar-refractivity contribution in [2.45, 2.75) is 52.0 Å². The van der Waals surface area contributed by atoms with E-state index in [1.807, 2.05) is 6.07 Å². The number of unbranched alkanes of at least 4 members (excludes halogenated alkanes) is 1. The molecule has 2 aromatic carbocycles. The summed E-state index contributed by atoms with van der Waals surface area (Å²) in [5.41, 5.74) is 10.4. The number of hydrogen-bond donors (Lipinski definition) is 2. The monoisotopic (exact) mass is 581 g/mol. The molecule has 0 aromatic heterocycles. The van der Waals surface area contributed by atoms with Gasteiger partial charge in [-0.1, -0.05) is 49.7 Å². The van der Waals surface area contributed by atoms with Gasteiger partial charge in [0.05, 0.1) is 6.61 Å². The van der Waals surface area contributed by atoms with Crippen molar-refractivity contribution in [2.24, 2.45) is 10.7 Å². The van der Waals surface area contributed by atoms with Crippen LogP contribution >= 0.6 is 0 Å². The Morgan fingerprint density at radius 3 is 2.31 bits per heavy atom.